The summed E-state index contributed by atoms with van der Waals surface area (Å²) < 4.78 is 15.5. The van der Waals surface area contributed by atoms with Crippen LogP contribution in [-0.2, 0) is 21.7 Å². The molecule has 17 rings (SSSR count). The van der Waals surface area contributed by atoms with Crippen LogP contribution in [0.4, 0.5) is 68.8 Å². The minimum atomic E-state index is -0.288. The maximum atomic E-state index is 7.83. The molecule has 0 saturated heterocycles. The average molecular weight is 1250 g/mol. The molecule has 0 bridgehead atoms. The SMILES string of the molecule is Cc1ccccc1N(c1cc2c3c(n1)N(c1ccccc1)c1ccccc1B3c1cc3c(cc1O2)Oc1cc(N(c2ccccc2C)c2c(C)cccc2C)nc2c1B3c1cc3c(cc1N2c1ccc2c(c1)C(C)(C)CCC2(C)C)C(C)(C)CCC3(C)C)c1c(C)cccc1C. The summed E-state index contributed by atoms with van der Waals surface area (Å²) in [5.41, 5.74) is 27.7. The molecule has 0 radical (unpaired) electrons. The normalized spacial score (nSPS) is 16.5. The van der Waals surface area contributed by atoms with E-state index in [1.165, 1.54) is 33.2 Å². The first-order valence-electron chi connectivity index (χ1n) is 34.6. The van der Waals surface area contributed by atoms with Gasteiger partial charge < -0.3 is 9.47 Å². The molecular weight excluding hydrogens is 1170 g/mol. The zero-order chi connectivity index (χ0) is 66.2. The van der Waals surface area contributed by atoms with Gasteiger partial charge in [-0.25, -0.2) is 9.97 Å². The zero-order valence-corrected chi connectivity index (χ0v) is 58.0. The van der Waals surface area contributed by atoms with Gasteiger partial charge in [-0.1, -0.05) is 183 Å². The molecule has 96 heavy (non-hydrogen) atoms. The van der Waals surface area contributed by atoms with E-state index in [0.717, 1.165) is 173 Å². The highest BCUT2D eigenvalue weighted by molar-refractivity contribution is 7.02. The molecular formula is C86H82B2N6O2. The van der Waals surface area contributed by atoms with Crippen molar-refractivity contribution in [2.24, 2.45) is 0 Å². The van der Waals surface area contributed by atoms with Crippen LogP contribution in [0.1, 0.15) is 137 Å². The highest BCUT2D eigenvalue weighted by atomic mass is 16.5. The molecule has 0 unspecified atom stereocenters. The van der Waals surface area contributed by atoms with Crippen LogP contribution in [0.3, 0.4) is 0 Å². The molecule has 0 saturated carbocycles. The number of anilines is 12. The van der Waals surface area contributed by atoms with Crippen molar-refractivity contribution in [3.05, 3.63) is 250 Å². The third kappa shape index (κ3) is 9.02. The first-order valence-corrected chi connectivity index (χ1v) is 34.6. The van der Waals surface area contributed by atoms with Crippen molar-refractivity contribution in [2.75, 3.05) is 19.6 Å². The number of hydrogen-bond donors (Lipinski definition) is 0. The number of rotatable bonds is 8. The number of hydrogen-bond acceptors (Lipinski definition) is 8. The zero-order valence-electron chi connectivity index (χ0n) is 58.0. The maximum Gasteiger partial charge on any atom is 0.258 e. The van der Waals surface area contributed by atoms with Crippen molar-refractivity contribution >= 4 is 115 Å². The second-order valence-corrected chi connectivity index (χ2v) is 30.9. The highest BCUT2D eigenvalue weighted by Crippen LogP contribution is 2.54. The van der Waals surface area contributed by atoms with Gasteiger partial charge in [0.1, 0.15) is 46.3 Å². The van der Waals surface area contributed by atoms with Crippen LogP contribution in [0.2, 0.25) is 0 Å². The lowest BCUT2D eigenvalue weighted by Crippen LogP contribution is -2.63. The Morgan fingerprint density at radius 3 is 1.29 bits per heavy atom. The predicted octanol–water partition coefficient (Wildman–Crippen LogP) is 18.8. The fourth-order valence-corrected chi connectivity index (χ4v) is 17.4. The molecule has 0 spiro atoms. The van der Waals surface area contributed by atoms with Crippen LogP contribution in [0.25, 0.3) is 0 Å². The Balaban J connectivity index is 0.955. The summed E-state index contributed by atoms with van der Waals surface area (Å²) >= 11 is 0. The minimum absolute atomic E-state index is 0.0283. The average Bonchev–Trinajstić information content (AvgIpc) is 0.704. The summed E-state index contributed by atoms with van der Waals surface area (Å²) in [6.07, 6.45) is 4.42. The third-order valence-electron chi connectivity index (χ3n) is 22.8. The molecule has 9 aromatic carbocycles. The summed E-state index contributed by atoms with van der Waals surface area (Å²) in [7, 11) is 0. The Kier molecular flexibility index (Phi) is 13.3. The molecule has 10 heteroatoms. The standard InChI is InChI=1S/C86H82B2N6O2/c1-51-26-18-21-35-67(51)93(79-53(3)28-24-29-54(79)4)75-49-73-77-81(89-75)91(57-32-16-15-17-33-57)69-37-23-20-34-63(69)87(77)65-47-66-72(48-71(65)95-73)96-74-50-76(94(68-36-22-19-27-52(68)2)80-55(5)30-25-31-56(80)6)90-82-78(74)88(66)64-45-61-62(86(13,14)43-42-85(61,11)12)46-70(64)92(82)58-38-39-59-60(44-58)84(9,10)41-40-83(59,7)8/h15-39,44-50H,40-43H2,1-14H3. The van der Waals surface area contributed by atoms with Gasteiger partial charge in [-0.2, -0.15) is 0 Å². The monoisotopic (exact) mass is 1250 g/mol. The van der Waals surface area contributed by atoms with Crippen LogP contribution in [0.15, 0.2) is 194 Å². The number of ether oxygens (including phenoxy) is 2. The lowest BCUT2D eigenvalue weighted by atomic mass is 9.31. The van der Waals surface area contributed by atoms with Gasteiger partial charge in [-0.3, -0.25) is 19.6 Å². The van der Waals surface area contributed by atoms with Crippen LogP contribution in [-0.4, -0.2) is 23.4 Å². The number of benzene rings is 9. The van der Waals surface area contributed by atoms with E-state index in [1.54, 1.807) is 0 Å². The molecule has 0 fully saturated rings. The Labute approximate surface area is 567 Å². The number of fused-ring (bicyclic) bond motifs is 10. The van der Waals surface area contributed by atoms with Crippen LogP contribution >= 0.6 is 0 Å². The Hall–Kier alpha value is -9.79. The second kappa shape index (κ2) is 21.4. The summed E-state index contributed by atoms with van der Waals surface area (Å²) in [4.78, 5) is 21.8. The molecule has 0 atom stereocenters. The molecule has 474 valence electrons. The van der Waals surface area contributed by atoms with Crippen molar-refractivity contribution in [3.8, 4) is 23.0 Å². The van der Waals surface area contributed by atoms with Gasteiger partial charge in [0, 0.05) is 51.9 Å². The van der Waals surface area contributed by atoms with E-state index in [1.807, 2.05) is 0 Å². The van der Waals surface area contributed by atoms with Gasteiger partial charge >= 0.3 is 0 Å². The molecule has 8 nitrogen and oxygen atoms in total. The Morgan fingerprint density at radius 1 is 0.344 bits per heavy atom. The molecule has 6 heterocycles. The van der Waals surface area contributed by atoms with Crippen molar-refractivity contribution in [1.82, 2.24) is 9.97 Å². The first kappa shape index (κ1) is 59.9. The number of para-hydroxylation sites is 6. The number of pyridine rings is 2. The molecule has 2 aromatic heterocycles. The van der Waals surface area contributed by atoms with E-state index >= 15 is 0 Å². The molecule has 6 aliphatic rings. The molecule has 0 amide bonds. The summed E-state index contributed by atoms with van der Waals surface area (Å²) in [6.45, 7) is 32.3. The molecule has 0 N–H and O–H groups in total. The largest absolute Gasteiger partial charge is 0.458 e. The van der Waals surface area contributed by atoms with Gasteiger partial charge in [-0.15, -0.1) is 0 Å². The van der Waals surface area contributed by atoms with E-state index in [0.29, 0.717) is 0 Å². The van der Waals surface area contributed by atoms with E-state index in [-0.39, 0.29) is 35.1 Å². The smallest absolute Gasteiger partial charge is 0.258 e. The van der Waals surface area contributed by atoms with E-state index in [4.69, 9.17) is 19.4 Å². The second-order valence-electron chi connectivity index (χ2n) is 30.9. The number of aromatic nitrogens is 2. The topological polar surface area (TPSA) is 57.2 Å². The highest BCUT2D eigenvalue weighted by Gasteiger charge is 2.51. The summed E-state index contributed by atoms with van der Waals surface area (Å²) in [6, 6.07) is 71.9. The van der Waals surface area contributed by atoms with Gasteiger partial charge in [0.15, 0.2) is 0 Å². The number of nitrogens with zero attached hydrogens (tertiary/aromatic N) is 6. The molecule has 2 aliphatic carbocycles. The first-order chi connectivity index (χ1) is 46.1. The lowest BCUT2D eigenvalue weighted by Gasteiger charge is -2.46. The van der Waals surface area contributed by atoms with Crippen LogP contribution < -0.4 is 61.9 Å². The fourth-order valence-electron chi connectivity index (χ4n) is 17.4. The van der Waals surface area contributed by atoms with Gasteiger partial charge in [-0.05, 0) is 215 Å². The van der Waals surface area contributed by atoms with Crippen molar-refractivity contribution in [3.63, 3.8) is 0 Å². The van der Waals surface area contributed by atoms with E-state index in [9.17, 15) is 0 Å². The van der Waals surface area contributed by atoms with Gasteiger partial charge in [0.2, 0.25) is 0 Å². The van der Waals surface area contributed by atoms with Gasteiger partial charge in [0.05, 0.1) is 22.7 Å². The van der Waals surface area contributed by atoms with E-state index < -0.39 is 0 Å². The maximum absolute atomic E-state index is 7.83. The minimum Gasteiger partial charge on any atom is -0.458 e. The quantitative estimate of drug-likeness (QED) is 0.140. The predicted molar refractivity (Wildman–Crippen MR) is 402 cm³/mol. The van der Waals surface area contributed by atoms with E-state index in [2.05, 4.69) is 311 Å². The lowest BCUT2D eigenvalue weighted by molar-refractivity contribution is 0.332. The summed E-state index contributed by atoms with van der Waals surface area (Å²) in [5.74, 6) is 6.31. The molecule has 4 aliphatic heterocycles. The fraction of sp³-hybridized carbons (Fsp3) is 0.256. The Morgan fingerprint density at radius 2 is 0.771 bits per heavy atom. The van der Waals surface area contributed by atoms with Crippen LogP contribution in [0.5, 0.6) is 23.0 Å². The Bertz CT molecular complexity index is 5070. The van der Waals surface area contributed by atoms with Crippen molar-refractivity contribution in [2.45, 2.75) is 144 Å². The third-order valence-corrected chi connectivity index (χ3v) is 22.8. The molecule has 11 aromatic rings. The number of aryl methyl sites for hydroxylation is 6. The van der Waals surface area contributed by atoms with Crippen molar-refractivity contribution < 1.29 is 9.47 Å². The van der Waals surface area contributed by atoms with Crippen LogP contribution in [0, 0.1) is 41.5 Å². The summed E-state index contributed by atoms with van der Waals surface area (Å²) in [5, 5.41) is 0. The van der Waals surface area contributed by atoms with Crippen molar-refractivity contribution in [1.29, 1.82) is 0 Å². The van der Waals surface area contributed by atoms with Gasteiger partial charge in [0.25, 0.3) is 13.4 Å².